The SMILES string of the molecule is COc1cc(F)ccc1[C@@H](c1cccs1)N1CCNCC1. The summed E-state index contributed by atoms with van der Waals surface area (Å²) in [5.74, 6) is 0.354. The van der Waals surface area contributed by atoms with Gasteiger partial charge < -0.3 is 10.1 Å². The molecule has 5 heteroatoms. The Morgan fingerprint density at radius 3 is 2.76 bits per heavy atom. The van der Waals surface area contributed by atoms with Crippen molar-refractivity contribution in [2.24, 2.45) is 0 Å². The minimum Gasteiger partial charge on any atom is -0.496 e. The van der Waals surface area contributed by atoms with E-state index in [1.165, 1.54) is 17.0 Å². The lowest BCUT2D eigenvalue weighted by Gasteiger charge is -2.35. The third kappa shape index (κ3) is 3.10. The van der Waals surface area contributed by atoms with E-state index < -0.39 is 0 Å². The quantitative estimate of drug-likeness (QED) is 0.940. The van der Waals surface area contributed by atoms with Crippen LogP contribution < -0.4 is 10.1 Å². The van der Waals surface area contributed by atoms with Crippen LogP contribution in [0.5, 0.6) is 5.75 Å². The highest BCUT2D eigenvalue weighted by Crippen LogP contribution is 2.37. The molecule has 0 bridgehead atoms. The van der Waals surface area contributed by atoms with Gasteiger partial charge in [0.15, 0.2) is 0 Å². The van der Waals surface area contributed by atoms with E-state index in [0.29, 0.717) is 5.75 Å². The predicted octanol–water partition coefficient (Wildman–Crippen LogP) is 2.89. The minimum absolute atomic E-state index is 0.127. The predicted molar refractivity (Wildman–Crippen MR) is 83.6 cm³/mol. The number of methoxy groups -OCH3 is 1. The number of ether oxygens (including phenoxy) is 1. The molecule has 1 aromatic heterocycles. The highest BCUT2D eigenvalue weighted by atomic mass is 32.1. The monoisotopic (exact) mass is 306 g/mol. The Morgan fingerprint density at radius 2 is 2.10 bits per heavy atom. The molecule has 0 unspecified atom stereocenters. The Hall–Kier alpha value is -1.43. The van der Waals surface area contributed by atoms with Crippen LogP contribution in [-0.2, 0) is 0 Å². The number of piperazine rings is 1. The second kappa shape index (κ2) is 6.56. The number of hydrogen-bond donors (Lipinski definition) is 1. The molecule has 1 aromatic carbocycles. The summed E-state index contributed by atoms with van der Waals surface area (Å²) in [6, 6.07) is 9.16. The molecule has 1 aliphatic heterocycles. The molecular formula is C16H19FN2OS. The van der Waals surface area contributed by atoms with Crippen molar-refractivity contribution in [2.75, 3.05) is 33.3 Å². The van der Waals surface area contributed by atoms with Gasteiger partial charge in [-0.05, 0) is 17.5 Å². The summed E-state index contributed by atoms with van der Waals surface area (Å²) >= 11 is 1.73. The molecule has 0 aliphatic carbocycles. The summed E-state index contributed by atoms with van der Waals surface area (Å²) in [7, 11) is 1.60. The Bertz CT molecular complexity index is 582. The second-order valence-electron chi connectivity index (χ2n) is 5.09. The molecule has 2 heterocycles. The zero-order chi connectivity index (χ0) is 14.7. The lowest BCUT2D eigenvalue weighted by Crippen LogP contribution is -2.45. The summed E-state index contributed by atoms with van der Waals surface area (Å²) in [5.41, 5.74) is 1.03. The Kier molecular flexibility index (Phi) is 4.53. The number of thiophene rings is 1. The third-order valence-electron chi connectivity index (χ3n) is 3.82. The van der Waals surface area contributed by atoms with Gasteiger partial charge in [-0.2, -0.15) is 0 Å². The summed E-state index contributed by atoms with van der Waals surface area (Å²) < 4.78 is 18.9. The van der Waals surface area contributed by atoms with Crippen molar-refractivity contribution in [3.05, 3.63) is 52.0 Å². The van der Waals surface area contributed by atoms with Crippen molar-refractivity contribution >= 4 is 11.3 Å². The van der Waals surface area contributed by atoms with Gasteiger partial charge >= 0.3 is 0 Å². The lowest BCUT2D eigenvalue weighted by molar-refractivity contribution is 0.197. The first kappa shape index (κ1) is 14.5. The Morgan fingerprint density at radius 1 is 1.29 bits per heavy atom. The summed E-state index contributed by atoms with van der Waals surface area (Å²) in [4.78, 5) is 3.69. The normalized spacial score (nSPS) is 17.6. The molecule has 21 heavy (non-hydrogen) atoms. The molecule has 3 nitrogen and oxygen atoms in total. The van der Waals surface area contributed by atoms with Crippen LogP contribution in [0.25, 0.3) is 0 Å². The zero-order valence-corrected chi connectivity index (χ0v) is 12.8. The first-order chi connectivity index (χ1) is 10.3. The van der Waals surface area contributed by atoms with Gasteiger partial charge in [-0.15, -0.1) is 11.3 Å². The average molecular weight is 306 g/mol. The van der Waals surface area contributed by atoms with Crippen LogP contribution in [0.2, 0.25) is 0 Å². The van der Waals surface area contributed by atoms with Crippen molar-refractivity contribution in [1.82, 2.24) is 10.2 Å². The fourth-order valence-corrected chi connectivity index (χ4v) is 3.70. The number of rotatable bonds is 4. The van der Waals surface area contributed by atoms with Crippen LogP contribution in [0.4, 0.5) is 4.39 Å². The molecule has 1 atom stereocenters. The summed E-state index contributed by atoms with van der Waals surface area (Å²) in [6.07, 6.45) is 0. The average Bonchev–Trinajstić information content (AvgIpc) is 3.04. The Labute approximate surface area is 128 Å². The fraction of sp³-hybridized carbons (Fsp3) is 0.375. The van der Waals surface area contributed by atoms with E-state index in [-0.39, 0.29) is 11.9 Å². The number of benzene rings is 1. The molecule has 0 saturated carbocycles. The molecule has 1 N–H and O–H groups in total. The van der Waals surface area contributed by atoms with Crippen LogP contribution >= 0.6 is 11.3 Å². The second-order valence-corrected chi connectivity index (χ2v) is 6.07. The van der Waals surface area contributed by atoms with Crippen molar-refractivity contribution < 1.29 is 9.13 Å². The molecule has 0 amide bonds. The van der Waals surface area contributed by atoms with Gasteiger partial charge in [-0.3, -0.25) is 4.90 Å². The molecule has 1 saturated heterocycles. The summed E-state index contributed by atoms with van der Waals surface area (Å²) in [5, 5.41) is 5.46. The highest BCUT2D eigenvalue weighted by molar-refractivity contribution is 7.10. The topological polar surface area (TPSA) is 24.5 Å². The smallest absolute Gasteiger partial charge is 0.126 e. The molecule has 1 aliphatic rings. The van der Waals surface area contributed by atoms with Gasteiger partial charge in [0.25, 0.3) is 0 Å². The van der Waals surface area contributed by atoms with E-state index in [2.05, 4.69) is 27.7 Å². The Balaban J connectivity index is 2.02. The largest absolute Gasteiger partial charge is 0.496 e. The lowest BCUT2D eigenvalue weighted by atomic mass is 10.0. The first-order valence-electron chi connectivity index (χ1n) is 7.11. The fourth-order valence-electron chi connectivity index (χ4n) is 2.83. The van der Waals surface area contributed by atoms with E-state index in [9.17, 15) is 4.39 Å². The van der Waals surface area contributed by atoms with Crippen LogP contribution in [0.15, 0.2) is 35.7 Å². The first-order valence-corrected chi connectivity index (χ1v) is 7.99. The minimum atomic E-state index is -0.263. The molecule has 112 valence electrons. The number of nitrogens with zero attached hydrogens (tertiary/aromatic N) is 1. The molecule has 3 rings (SSSR count). The zero-order valence-electron chi connectivity index (χ0n) is 12.0. The third-order valence-corrected chi connectivity index (χ3v) is 4.74. The molecule has 0 radical (unpaired) electrons. The van der Waals surface area contributed by atoms with E-state index in [1.54, 1.807) is 18.4 Å². The number of halogens is 1. The maximum absolute atomic E-state index is 13.5. The van der Waals surface area contributed by atoms with Crippen LogP contribution in [-0.4, -0.2) is 38.2 Å². The van der Waals surface area contributed by atoms with Gasteiger partial charge in [-0.1, -0.05) is 12.1 Å². The van der Waals surface area contributed by atoms with Gasteiger partial charge in [0.1, 0.15) is 11.6 Å². The molecular weight excluding hydrogens is 287 g/mol. The van der Waals surface area contributed by atoms with Crippen LogP contribution in [0, 0.1) is 5.82 Å². The molecule has 2 aromatic rings. The van der Waals surface area contributed by atoms with E-state index in [0.717, 1.165) is 31.7 Å². The van der Waals surface area contributed by atoms with Crippen LogP contribution in [0.1, 0.15) is 16.5 Å². The van der Waals surface area contributed by atoms with E-state index >= 15 is 0 Å². The van der Waals surface area contributed by atoms with E-state index in [4.69, 9.17) is 4.74 Å². The van der Waals surface area contributed by atoms with Crippen LogP contribution in [0.3, 0.4) is 0 Å². The summed E-state index contributed by atoms with van der Waals surface area (Å²) in [6.45, 7) is 3.91. The van der Waals surface area contributed by atoms with Gasteiger partial charge in [0.2, 0.25) is 0 Å². The number of nitrogens with one attached hydrogen (secondary N) is 1. The van der Waals surface area contributed by atoms with Crippen molar-refractivity contribution in [1.29, 1.82) is 0 Å². The van der Waals surface area contributed by atoms with Crippen molar-refractivity contribution in [2.45, 2.75) is 6.04 Å². The highest BCUT2D eigenvalue weighted by Gasteiger charge is 2.27. The van der Waals surface area contributed by atoms with Gasteiger partial charge in [0, 0.05) is 42.7 Å². The van der Waals surface area contributed by atoms with Crippen molar-refractivity contribution in [3.63, 3.8) is 0 Å². The number of hydrogen-bond acceptors (Lipinski definition) is 4. The van der Waals surface area contributed by atoms with E-state index in [1.807, 2.05) is 6.07 Å². The maximum Gasteiger partial charge on any atom is 0.126 e. The van der Waals surface area contributed by atoms with Gasteiger partial charge in [-0.25, -0.2) is 4.39 Å². The standard InChI is InChI=1S/C16H19FN2OS/c1-20-14-11-12(17)4-5-13(14)16(15-3-2-10-21-15)19-8-6-18-7-9-19/h2-5,10-11,16,18H,6-9H2,1H3/t16-/m0/s1. The molecule has 1 fully saturated rings. The molecule has 0 spiro atoms. The maximum atomic E-state index is 13.5. The van der Waals surface area contributed by atoms with Gasteiger partial charge in [0.05, 0.1) is 13.2 Å². The van der Waals surface area contributed by atoms with Crippen molar-refractivity contribution in [3.8, 4) is 5.75 Å².